The van der Waals surface area contributed by atoms with Crippen LogP contribution in [-0.4, -0.2) is 33.4 Å². The number of nitrogens with zero attached hydrogens (tertiary/aromatic N) is 1. The SMILES string of the molecule is COCCNCc1ccc(N2CCCCCC2)c(Br)c1. The van der Waals surface area contributed by atoms with Crippen molar-refractivity contribution in [3.8, 4) is 0 Å². The van der Waals surface area contributed by atoms with E-state index in [2.05, 4.69) is 44.3 Å². The fraction of sp³-hybridized carbons (Fsp3) is 0.625. The van der Waals surface area contributed by atoms with E-state index in [-0.39, 0.29) is 0 Å². The van der Waals surface area contributed by atoms with E-state index in [0.29, 0.717) is 0 Å². The van der Waals surface area contributed by atoms with E-state index in [1.165, 1.54) is 54.5 Å². The summed E-state index contributed by atoms with van der Waals surface area (Å²) in [6.45, 7) is 4.91. The van der Waals surface area contributed by atoms with E-state index in [1.54, 1.807) is 7.11 Å². The van der Waals surface area contributed by atoms with Crippen LogP contribution in [0.4, 0.5) is 5.69 Å². The molecule has 0 aliphatic carbocycles. The number of methoxy groups -OCH3 is 1. The Labute approximate surface area is 130 Å². The number of hydrogen-bond acceptors (Lipinski definition) is 3. The molecular formula is C16H25BrN2O. The molecule has 4 heteroatoms. The molecule has 0 spiro atoms. The Morgan fingerprint density at radius 1 is 1.20 bits per heavy atom. The van der Waals surface area contributed by atoms with Gasteiger partial charge in [-0.2, -0.15) is 0 Å². The number of rotatable bonds is 6. The maximum atomic E-state index is 5.04. The lowest BCUT2D eigenvalue weighted by atomic mass is 10.2. The molecular weight excluding hydrogens is 316 g/mol. The molecule has 0 radical (unpaired) electrons. The number of hydrogen-bond donors (Lipinski definition) is 1. The highest BCUT2D eigenvalue weighted by molar-refractivity contribution is 9.10. The quantitative estimate of drug-likeness (QED) is 0.801. The highest BCUT2D eigenvalue weighted by atomic mass is 79.9. The highest BCUT2D eigenvalue weighted by Crippen LogP contribution is 2.29. The molecule has 0 amide bonds. The van der Waals surface area contributed by atoms with E-state index in [9.17, 15) is 0 Å². The number of nitrogens with one attached hydrogen (secondary N) is 1. The predicted molar refractivity (Wildman–Crippen MR) is 88.4 cm³/mol. The first kappa shape index (κ1) is 15.8. The molecule has 1 aromatic carbocycles. The summed E-state index contributed by atoms with van der Waals surface area (Å²) in [5.41, 5.74) is 2.65. The molecule has 0 aromatic heterocycles. The summed E-state index contributed by atoms with van der Waals surface area (Å²) in [5, 5.41) is 3.38. The smallest absolute Gasteiger partial charge is 0.0587 e. The van der Waals surface area contributed by atoms with Crippen molar-refractivity contribution in [1.29, 1.82) is 0 Å². The second-order valence-corrected chi connectivity index (χ2v) is 6.21. The Morgan fingerprint density at radius 2 is 1.95 bits per heavy atom. The standard InChI is InChI=1S/C16H25BrN2O/c1-20-11-8-18-13-14-6-7-16(15(17)12-14)19-9-4-2-3-5-10-19/h6-7,12,18H,2-5,8-11,13H2,1H3. The Kier molecular flexibility index (Phi) is 6.83. The number of anilines is 1. The van der Waals surface area contributed by atoms with Gasteiger partial charge in [-0.15, -0.1) is 0 Å². The van der Waals surface area contributed by atoms with Crippen molar-refractivity contribution in [3.63, 3.8) is 0 Å². The summed E-state index contributed by atoms with van der Waals surface area (Å²) in [6.07, 6.45) is 5.37. The molecule has 1 aliphatic heterocycles. The molecule has 1 aliphatic rings. The minimum Gasteiger partial charge on any atom is -0.383 e. The third-order valence-electron chi connectivity index (χ3n) is 3.77. The van der Waals surface area contributed by atoms with Gasteiger partial charge in [0.05, 0.1) is 12.3 Å². The summed E-state index contributed by atoms with van der Waals surface area (Å²) < 4.78 is 6.25. The van der Waals surface area contributed by atoms with Crippen molar-refractivity contribution in [2.24, 2.45) is 0 Å². The van der Waals surface area contributed by atoms with Gasteiger partial charge in [-0.25, -0.2) is 0 Å². The average molecular weight is 341 g/mol. The fourth-order valence-corrected chi connectivity index (χ4v) is 3.31. The van der Waals surface area contributed by atoms with Gasteiger partial charge in [0.2, 0.25) is 0 Å². The van der Waals surface area contributed by atoms with Crippen molar-refractivity contribution in [1.82, 2.24) is 5.32 Å². The van der Waals surface area contributed by atoms with Crippen molar-refractivity contribution in [2.45, 2.75) is 32.2 Å². The van der Waals surface area contributed by atoms with Crippen molar-refractivity contribution in [2.75, 3.05) is 38.3 Å². The number of ether oxygens (including phenoxy) is 1. The third-order valence-corrected chi connectivity index (χ3v) is 4.41. The maximum Gasteiger partial charge on any atom is 0.0587 e. The minimum absolute atomic E-state index is 0.757. The lowest BCUT2D eigenvalue weighted by molar-refractivity contribution is 0.199. The molecule has 3 nitrogen and oxygen atoms in total. The third kappa shape index (κ3) is 4.76. The topological polar surface area (TPSA) is 24.5 Å². The average Bonchev–Trinajstić information content (AvgIpc) is 2.73. The van der Waals surface area contributed by atoms with Gasteiger partial charge in [0.25, 0.3) is 0 Å². The predicted octanol–water partition coefficient (Wildman–Crippen LogP) is 3.57. The first-order valence-corrected chi connectivity index (χ1v) is 8.33. The number of benzene rings is 1. The maximum absolute atomic E-state index is 5.04. The Morgan fingerprint density at radius 3 is 2.60 bits per heavy atom. The molecule has 0 bridgehead atoms. The first-order valence-electron chi connectivity index (χ1n) is 7.54. The normalized spacial score (nSPS) is 16.2. The van der Waals surface area contributed by atoms with Gasteiger partial charge in [-0.3, -0.25) is 0 Å². The molecule has 1 aromatic rings. The summed E-state index contributed by atoms with van der Waals surface area (Å²) in [4.78, 5) is 2.51. The summed E-state index contributed by atoms with van der Waals surface area (Å²) >= 11 is 3.74. The van der Waals surface area contributed by atoms with Crippen LogP contribution in [0.5, 0.6) is 0 Å². The Bertz CT molecular complexity index is 403. The van der Waals surface area contributed by atoms with Crippen LogP contribution < -0.4 is 10.2 Å². The van der Waals surface area contributed by atoms with Crippen LogP contribution in [0.1, 0.15) is 31.2 Å². The van der Waals surface area contributed by atoms with Gasteiger partial charge in [-0.1, -0.05) is 18.9 Å². The molecule has 112 valence electrons. The lowest BCUT2D eigenvalue weighted by Gasteiger charge is -2.24. The van der Waals surface area contributed by atoms with Crippen LogP contribution >= 0.6 is 15.9 Å². The van der Waals surface area contributed by atoms with Gasteiger partial charge >= 0.3 is 0 Å². The lowest BCUT2D eigenvalue weighted by Crippen LogP contribution is -2.24. The Balaban J connectivity index is 1.94. The monoisotopic (exact) mass is 340 g/mol. The van der Waals surface area contributed by atoms with E-state index in [0.717, 1.165) is 19.7 Å². The van der Waals surface area contributed by atoms with Gasteiger partial charge in [-0.05, 0) is 46.5 Å². The van der Waals surface area contributed by atoms with Crippen LogP contribution in [0.3, 0.4) is 0 Å². The van der Waals surface area contributed by atoms with E-state index in [4.69, 9.17) is 4.74 Å². The van der Waals surface area contributed by atoms with Gasteiger partial charge in [0.1, 0.15) is 0 Å². The Hall–Kier alpha value is -0.580. The van der Waals surface area contributed by atoms with Crippen molar-refractivity contribution < 1.29 is 4.74 Å². The van der Waals surface area contributed by atoms with E-state index < -0.39 is 0 Å². The van der Waals surface area contributed by atoms with Crippen molar-refractivity contribution >= 4 is 21.6 Å². The molecule has 20 heavy (non-hydrogen) atoms. The first-order chi connectivity index (χ1) is 9.81. The summed E-state index contributed by atoms with van der Waals surface area (Å²) in [6, 6.07) is 6.72. The minimum atomic E-state index is 0.757. The molecule has 0 atom stereocenters. The van der Waals surface area contributed by atoms with Crippen LogP contribution in [-0.2, 0) is 11.3 Å². The second-order valence-electron chi connectivity index (χ2n) is 5.36. The second kappa shape index (κ2) is 8.65. The van der Waals surface area contributed by atoms with Crippen molar-refractivity contribution in [3.05, 3.63) is 28.2 Å². The zero-order chi connectivity index (χ0) is 14.2. The summed E-state index contributed by atoms with van der Waals surface area (Å²) in [5.74, 6) is 0. The van der Waals surface area contributed by atoms with E-state index in [1.807, 2.05) is 0 Å². The summed E-state index contributed by atoms with van der Waals surface area (Å²) in [7, 11) is 1.73. The van der Waals surface area contributed by atoms with Crippen LogP contribution in [0.25, 0.3) is 0 Å². The molecule has 1 fully saturated rings. The molecule has 0 saturated carbocycles. The number of halogens is 1. The van der Waals surface area contributed by atoms with Crippen LogP contribution in [0.2, 0.25) is 0 Å². The molecule has 2 rings (SSSR count). The molecule has 0 unspecified atom stereocenters. The fourth-order valence-electron chi connectivity index (χ4n) is 2.64. The zero-order valence-electron chi connectivity index (χ0n) is 12.3. The largest absolute Gasteiger partial charge is 0.383 e. The van der Waals surface area contributed by atoms with E-state index >= 15 is 0 Å². The molecule has 1 heterocycles. The highest BCUT2D eigenvalue weighted by Gasteiger charge is 2.12. The van der Waals surface area contributed by atoms with Gasteiger partial charge in [0.15, 0.2) is 0 Å². The van der Waals surface area contributed by atoms with Gasteiger partial charge < -0.3 is 15.0 Å². The molecule has 1 saturated heterocycles. The van der Waals surface area contributed by atoms with Crippen LogP contribution in [0, 0.1) is 0 Å². The molecule has 1 N–H and O–H groups in total. The zero-order valence-corrected chi connectivity index (χ0v) is 13.9. The van der Waals surface area contributed by atoms with Gasteiger partial charge in [0, 0.05) is 37.8 Å². The van der Waals surface area contributed by atoms with Crippen LogP contribution in [0.15, 0.2) is 22.7 Å².